The number of nitrogens with zero attached hydrogens (tertiary/aromatic N) is 5. The van der Waals surface area contributed by atoms with Crippen molar-refractivity contribution < 1.29 is 23.8 Å². The summed E-state index contributed by atoms with van der Waals surface area (Å²) in [5, 5.41) is 21.6. The molecule has 308 valence electrons. The number of benzene rings is 2. The maximum Gasteiger partial charge on any atom is 0.234 e. The van der Waals surface area contributed by atoms with E-state index in [1.165, 1.54) is 11.6 Å². The second kappa shape index (κ2) is 20.5. The van der Waals surface area contributed by atoms with Crippen LogP contribution in [0.15, 0.2) is 88.4 Å². The maximum absolute atomic E-state index is 14.1. The molecule has 4 aliphatic rings. The average molecular weight is 792 g/mol. The van der Waals surface area contributed by atoms with Gasteiger partial charge in [-0.2, -0.15) is 5.26 Å². The minimum Gasteiger partial charge on any atom is -0.400 e. The average Bonchev–Trinajstić information content (AvgIpc) is 3.91. The highest BCUT2D eigenvalue weighted by Crippen LogP contribution is 2.58. The number of hydrogen-bond donors (Lipinski definition) is 3. The molecule has 2 aliphatic carbocycles. The quantitative estimate of drug-likeness (QED) is 0.0891. The van der Waals surface area contributed by atoms with Crippen LogP contribution in [-0.2, 0) is 33.8 Å². The van der Waals surface area contributed by atoms with Crippen molar-refractivity contribution in [2.45, 2.75) is 91.8 Å². The Labute approximate surface area is 342 Å². The van der Waals surface area contributed by atoms with Gasteiger partial charge in [-0.3, -0.25) is 19.5 Å². The Kier molecular flexibility index (Phi) is 15.5. The number of allylic oxidation sites excluding steroid dienone is 7. The Hall–Kier alpha value is -5.22. The Morgan fingerprint density at radius 1 is 1.24 bits per heavy atom. The van der Waals surface area contributed by atoms with Crippen LogP contribution in [0, 0.1) is 41.3 Å². The summed E-state index contributed by atoms with van der Waals surface area (Å²) < 4.78 is 22.5. The number of amides is 2. The highest BCUT2D eigenvalue weighted by molar-refractivity contribution is 5.95. The lowest BCUT2D eigenvalue weighted by Gasteiger charge is -2.32. The van der Waals surface area contributed by atoms with Gasteiger partial charge in [0.05, 0.1) is 47.3 Å². The molecule has 7 rings (SSSR count). The number of piperidine rings is 1. The van der Waals surface area contributed by atoms with Crippen LogP contribution in [0.4, 0.5) is 4.39 Å². The SMILES string of the molecule is C=N/C(=C\C=C/Cc1ccc(C#N)cc1F)C1CCN(Cc2nc3cc(C)ccc3n2CC(C)OCCC)CC1.CC1CC(NC=O)=CC2=C1NC(=O)C21CC1.CO. The van der Waals surface area contributed by atoms with Gasteiger partial charge in [-0.1, -0.05) is 38.1 Å². The van der Waals surface area contributed by atoms with E-state index in [0.29, 0.717) is 29.9 Å². The van der Waals surface area contributed by atoms with Crippen LogP contribution in [0.5, 0.6) is 0 Å². The molecule has 1 spiro atoms. The van der Waals surface area contributed by atoms with E-state index in [2.05, 4.69) is 77.7 Å². The molecule has 3 aromatic rings. The van der Waals surface area contributed by atoms with Crippen molar-refractivity contribution in [3.05, 3.63) is 112 Å². The third kappa shape index (κ3) is 10.4. The first-order valence-corrected chi connectivity index (χ1v) is 20.3. The second-order valence-corrected chi connectivity index (χ2v) is 15.6. The first-order valence-electron chi connectivity index (χ1n) is 20.3. The number of fused-ring (bicyclic) bond motifs is 2. The van der Waals surface area contributed by atoms with Crippen molar-refractivity contribution in [1.82, 2.24) is 25.1 Å². The molecular weight excluding hydrogens is 734 g/mol. The van der Waals surface area contributed by atoms with Crippen LogP contribution in [0.25, 0.3) is 11.0 Å². The molecule has 1 saturated heterocycles. The number of nitriles is 1. The van der Waals surface area contributed by atoms with Crippen molar-refractivity contribution in [2.75, 3.05) is 26.8 Å². The van der Waals surface area contributed by atoms with Gasteiger partial charge in [0, 0.05) is 42.6 Å². The molecule has 1 saturated carbocycles. The molecule has 2 amide bonds. The Morgan fingerprint density at radius 3 is 2.66 bits per heavy atom. The topological polar surface area (TPSA) is 145 Å². The maximum atomic E-state index is 14.1. The largest absolute Gasteiger partial charge is 0.400 e. The van der Waals surface area contributed by atoms with Crippen LogP contribution >= 0.6 is 0 Å². The summed E-state index contributed by atoms with van der Waals surface area (Å²) in [6, 6.07) is 13.0. The normalized spacial score (nSPS) is 19.3. The van der Waals surface area contributed by atoms with Crippen molar-refractivity contribution >= 4 is 30.1 Å². The summed E-state index contributed by atoms with van der Waals surface area (Å²) in [6.45, 7) is 16.5. The number of ether oxygens (including phenoxy) is 1. The summed E-state index contributed by atoms with van der Waals surface area (Å²) >= 11 is 0. The predicted octanol–water partition coefficient (Wildman–Crippen LogP) is 7.19. The monoisotopic (exact) mass is 791 g/mol. The molecule has 58 heavy (non-hydrogen) atoms. The summed E-state index contributed by atoms with van der Waals surface area (Å²) in [5.74, 6) is 1.50. The molecule has 2 aliphatic heterocycles. The van der Waals surface area contributed by atoms with E-state index in [4.69, 9.17) is 20.1 Å². The number of hydrogen-bond acceptors (Lipinski definition) is 8. The number of likely N-dealkylation sites (tertiary alicyclic amines) is 1. The van der Waals surface area contributed by atoms with E-state index in [1.54, 1.807) is 12.1 Å². The first-order chi connectivity index (χ1) is 28.1. The first kappa shape index (κ1) is 43.9. The van der Waals surface area contributed by atoms with Crippen molar-refractivity contribution in [3.8, 4) is 6.07 Å². The van der Waals surface area contributed by atoms with Crippen molar-refractivity contribution in [3.63, 3.8) is 0 Å². The van der Waals surface area contributed by atoms with Gasteiger partial charge < -0.3 is 25.0 Å². The number of rotatable bonds is 14. The Morgan fingerprint density at radius 2 is 2.00 bits per heavy atom. The van der Waals surface area contributed by atoms with Gasteiger partial charge in [0.15, 0.2) is 0 Å². The molecule has 1 aromatic heterocycles. The third-order valence-electron chi connectivity index (χ3n) is 11.3. The zero-order valence-electron chi connectivity index (χ0n) is 34.6. The second-order valence-electron chi connectivity index (χ2n) is 15.6. The molecule has 2 fully saturated rings. The minimum absolute atomic E-state index is 0.121. The summed E-state index contributed by atoms with van der Waals surface area (Å²) in [5.41, 5.74) is 8.14. The van der Waals surface area contributed by atoms with Crippen LogP contribution in [0.3, 0.4) is 0 Å². The predicted molar refractivity (Wildman–Crippen MR) is 226 cm³/mol. The lowest BCUT2D eigenvalue weighted by atomic mass is 9.86. The fourth-order valence-electron chi connectivity index (χ4n) is 8.05. The van der Waals surface area contributed by atoms with Crippen molar-refractivity contribution in [2.24, 2.45) is 22.2 Å². The number of aliphatic imine (C=N–C) groups is 1. The van der Waals surface area contributed by atoms with Crippen LogP contribution < -0.4 is 10.6 Å². The van der Waals surface area contributed by atoms with Gasteiger partial charge in [0.25, 0.3) is 0 Å². The van der Waals surface area contributed by atoms with E-state index in [0.717, 1.165) is 118 Å². The third-order valence-corrected chi connectivity index (χ3v) is 11.3. The number of aromatic nitrogens is 2. The molecule has 2 atom stereocenters. The number of halogens is 1. The lowest BCUT2D eigenvalue weighted by molar-refractivity contribution is -0.123. The fourth-order valence-corrected chi connectivity index (χ4v) is 8.05. The Bertz CT molecular complexity index is 2110. The molecule has 12 heteroatoms. The molecule has 2 aromatic carbocycles. The van der Waals surface area contributed by atoms with Gasteiger partial charge in [-0.15, -0.1) is 0 Å². The number of carbonyl (C=O) groups excluding carboxylic acids is 2. The number of aliphatic hydroxyl groups is 1. The van der Waals surface area contributed by atoms with Crippen molar-refractivity contribution in [1.29, 1.82) is 5.26 Å². The molecule has 0 radical (unpaired) electrons. The van der Waals surface area contributed by atoms with Gasteiger partial charge in [-0.25, -0.2) is 9.37 Å². The van der Waals surface area contributed by atoms with E-state index in [-0.39, 0.29) is 29.2 Å². The number of carbonyl (C=O) groups is 2. The zero-order valence-corrected chi connectivity index (χ0v) is 34.6. The van der Waals surface area contributed by atoms with Gasteiger partial charge in [-0.05, 0) is 132 Å². The Balaban J connectivity index is 0.000000293. The van der Waals surface area contributed by atoms with Gasteiger partial charge >= 0.3 is 0 Å². The van der Waals surface area contributed by atoms with E-state index < -0.39 is 0 Å². The van der Waals surface area contributed by atoms with E-state index in [9.17, 15) is 14.0 Å². The highest BCUT2D eigenvalue weighted by atomic mass is 19.1. The summed E-state index contributed by atoms with van der Waals surface area (Å²) in [7, 11) is 1.00. The van der Waals surface area contributed by atoms with Crippen LogP contribution in [0.2, 0.25) is 0 Å². The molecule has 11 nitrogen and oxygen atoms in total. The molecular formula is C46H58FN7O4. The summed E-state index contributed by atoms with van der Waals surface area (Å²) in [6.07, 6.45) is 14.8. The molecule has 3 N–H and O–H groups in total. The summed E-state index contributed by atoms with van der Waals surface area (Å²) in [4.78, 5) is 34.2. The van der Waals surface area contributed by atoms with E-state index >= 15 is 0 Å². The minimum atomic E-state index is -0.353. The fraction of sp³-hybridized carbons (Fsp3) is 0.457. The number of aryl methyl sites for hydroxylation is 1. The highest BCUT2D eigenvalue weighted by Gasteiger charge is 2.58. The molecule has 3 heterocycles. The smallest absolute Gasteiger partial charge is 0.234 e. The van der Waals surface area contributed by atoms with E-state index in [1.807, 2.05) is 30.4 Å². The molecule has 2 unspecified atom stereocenters. The number of aliphatic hydroxyl groups excluding tert-OH is 1. The number of nitrogens with one attached hydrogen (secondary N) is 2. The number of imidazole rings is 1. The van der Waals surface area contributed by atoms with Crippen LogP contribution in [-0.4, -0.2) is 71.5 Å². The van der Waals surface area contributed by atoms with Gasteiger partial charge in [0.1, 0.15) is 11.6 Å². The zero-order chi connectivity index (χ0) is 41.8. The standard InChI is InChI=1S/C33H40FN5O.C12H14N2O2.CH4O/c1-5-18-40-25(3)22-39-32-13-10-24(2)19-31(32)37-33(39)23-38-16-14-28(15-17-38)30(36-4)9-7-6-8-27-12-11-26(21-35)20-29(27)34;1-7-4-8(13-6-15)5-9-10(7)14-11(16)12(9)2-3-12;1-2/h6-7,9-13,19-20,25,28H,4-5,8,14-18,22-23H2,1-3H3;5-7H,2-4H2,1H3,(H,13,15)(H,14,16);2H,1H3/b7-6-,30-9-;;. The molecule has 0 bridgehead atoms. The lowest BCUT2D eigenvalue weighted by Crippen LogP contribution is -2.34. The van der Waals surface area contributed by atoms with Crippen LogP contribution in [0.1, 0.15) is 81.8 Å². The van der Waals surface area contributed by atoms with Gasteiger partial charge in [0.2, 0.25) is 12.3 Å².